The average Bonchev–Trinajstić information content (AvgIpc) is 2.51. The monoisotopic (exact) mass is 287 g/mol. The second-order valence-electron chi connectivity index (χ2n) is 5.44. The van der Waals surface area contributed by atoms with Crippen molar-refractivity contribution >= 4 is 5.82 Å². The van der Waals surface area contributed by atoms with Crippen molar-refractivity contribution in [3.8, 4) is 11.6 Å². The highest BCUT2D eigenvalue weighted by molar-refractivity contribution is 5.42. The highest BCUT2D eigenvalue weighted by Crippen LogP contribution is 2.25. The van der Waals surface area contributed by atoms with Crippen molar-refractivity contribution in [3.63, 3.8) is 0 Å². The summed E-state index contributed by atoms with van der Waals surface area (Å²) in [5, 5.41) is 0. The van der Waals surface area contributed by atoms with E-state index in [-0.39, 0.29) is 5.82 Å². The minimum atomic E-state index is -0.284. The smallest absolute Gasteiger partial charge is 0.224 e. The molecular weight excluding hydrogens is 269 g/mol. The lowest BCUT2D eigenvalue weighted by Gasteiger charge is -2.31. The maximum Gasteiger partial charge on any atom is 0.224 e. The van der Waals surface area contributed by atoms with E-state index >= 15 is 0 Å². The van der Waals surface area contributed by atoms with Crippen molar-refractivity contribution in [3.05, 3.63) is 42.5 Å². The molecule has 0 saturated carbocycles. The summed E-state index contributed by atoms with van der Waals surface area (Å²) in [6.45, 7) is 4.29. The van der Waals surface area contributed by atoms with Crippen molar-refractivity contribution in [2.45, 2.75) is 19.8 Å². The van der Waals surface area contributed by atoms with Gasteiger partial charge in [0, 0.05) is 19.2 Å². The number of halogens is 1. The highest BCUT2D eigenvalue weighted by Gasteiger charge is 2.17. The first-order chi connectivity index (χ1) is 10.2. The van der Waals surface area contributed by atoms with Crippen LogP contribution in [0.4, 0.5) is 10.2 Å². The van der Waals surface area contributed by atoms with Crippen molar-refractivity contribution in [2.75, 3.05) is 18.0 Å². The third-order valence-electron chi connectivity index (χ3n) is 3.77. The Hall–Kier alpha value is -2.17. The van der Waals surface area contributed by atoms with Gasteiger partial charge in [-0.1, -0.05) is 6.92 Å². The Balaban J connectivity index is 1.72. The van der Waals surface area contributed by atoms with Gasteiger partial charge < -0.3 is 9.64 Å². The predicted octanol–water partition coefficient (Wildman–Crippen LogP) is 3.64. The molecular formula is C16H18FN3O. The fourth-order valence-electron chi connectivity index (χ4n) is 2.42. The Morgan fingerprint density at radius 2 is 1.86 bits per heavy atom. The standard InChI is InChI=1S/C16H18FN3O/c1-12-6-8-20(9-7-12)15-10-16(19-11-18-15)21-14-4-2-13(17)3-5-14/h2-5,10-12H,6-9H2,1H3. The zero-order valence-corrected chi connectivity index (χ0v) is 12.0. The number of piperidine rings is 1. The van der Waals surface area contributed by atoms with Gasteiger partial charge in [-0.2, -0.15) is 0 Å². The summed E-state index contributed by atoms with van der Waals surface area (Å²) in [6, 6.07) is 7.73. The first kappa shape index (κ1) is 13.8. The summed E-state index contributed by atoms with van der Waals surface area (Å²) in [4.78, 5) is 10.7. The van der Waals surface area contributed by atoms with Crippen LogP contribution < -0.4 is 9.64 Å². The van der Waals surface area contributed by atoms with Crippen LogP contribution in [0, 0.1) is 11.7 Å². The summed E-state index contributed by atoms with van der Waals surface area (Å²) in [5.74, 6) is 2.42. The Kier molecular flexibility index (Phi) is 3.99. The predicted molar refractivity (Wildman–Crippen MR) is 79.1 cm³/mol. The number of benzene rings is 1. The molecule has 4 nitrogen and oxygen atoms in total. The first-order valence-corrected chi connectivity index (χ1v) is 7.21. The number of nitrogens with zero attached hydrogens (tertiary/aromatic N) is 3. The maximum absolute atomic E-state index is 12.9. The van der Waals surface area contributed by atoms with Gasteiger partial charge in [-0.3, -0.25) is 0 Å². The number of hydrogen-bond acceptors (Lipinski definition) is 4. The molecule has 2 heterocycles. The van der Waals surface area contributed by atoms with E-state index < -0.39 is 0 Å². The third-order valence-corrected chi connectivity index (χ3v) is 3.77. The van der Waals surface area contributed by atoms with Gasteiger partial charge in [0.15, 0.2) is 0 Å². The van der Waals surface area contributed by atoms with E-state index in [1.807, 2.05) is 6.07 Å². The molecule has 0 amide bonds. The fourth-order valence-corrected chi connectivity index (χ4v) is 2.42. The molecule has 0 N–H and O–H groups in total. The van der Waals surface area contributed by atoms with E-state index in [1.165, 1.54) is 31.3 Å². The molecule has 0 unspecified atom stereocenters. The van der Waals surface area contributed by atoms with Crippen LogP contribution in [0.5, 0.6) is 11.6 Å². The first-order valence-electron chi connectivity index (χ1n) is 7.21. The quantitative estimate of drug-likeness (QED) is 0.863. The van der Waals surface area contributed by atoms with Gasteiger partial charge in [0.05, 0.1) is 0 Å². The van der Waals surface area contributed by atoms with Crippen LogP contribution >= 0.6 is 0 Å². The molecule has 1 saturated heterocycles. The van der Waals surface area contributed by atoms with Crippen LogP contribution in [0.1, 0.15) is 19.8 Å². The molecule has 5 heteroatoms. The normalized spacial score (nSPS) is 16.0. The molecule has 0 radical (unpaired) electrons. The minimum Gasteiger partial charge on any atom is -0.439 e. The van der Waals surface area contributed by atoms with E-state index in [2.05, 4.69) is 21.8 Å². The van der Waals surface area contributed by atoms with E-state index in [0.29, 0.717) is 11.6 Å². The molecule has 1 aliphatic rings. The molecule has 21 heavy (non-hydrogen) atoms. The van der Waals surface area contributed by atoms with Crippen molar-refractivity contribution in [2.24, 2.45) is 5.92 Å². The molecule has 2 aromatic rings. The number of ether oxygens (including phenoxy) is 1. The van der Waals surface area contributed by atoms with Gasteiger partial charge in [-0.05, 0) is 43.0 Å². The Labute approximate surface area is 123 Å². The molecule has 1 aromatic carbocycles. The van der Waals surface area contributed by atoms with Gasteiger partial charge in [0.1, 0.15) is 23.7 Å². The van der Waals surface area contributed by atoms with E-state index in [1.54, 1.807) is 12.1 Å². The second kappa shape index (κ2) is 6.08. The third kappa shape index (κ3) is 3.48. The molecule has 0 atom stereocenters. The summed E-state index contributed by atoms with van der Waals surface area (Å²) in [7, 11) is 0. The number of hydrogen-bond donors (Lipinski definition) is 0. The van der Waals surface area contributed by atoms with Crippen LogP contribution in [-0.4, -0.2) is 23.1 Å². The fraction of sp³-hybridized carbons (Fsp3) is 0.375. The van der Waals surface area contributed by atoms with Gasteiger partial charge in [-0.15, -0.1) is 0 Å². The van der Waals surface area contributed by atoms with Gasteiger partial charge in [0.25, 0.3) is 0 Å². The van der Waals surface area contributed by atoms with E-state index in [0.717, 1.165) is 24.8 Å². The van der Waals surface area contributed by atoms with Crippen molar-refractivity contribution < 1.29 is 9.13 Å². The maximum atomic E-state index is 12.9. The van der Waals surface area contributed by atoms with Crippen molar-refractivity contribution in [1.29, 1.82) is 0 Å². The average molecular weight is 287 g/mol. The topological polar surface area (TPSA) is 38.2 Å². The molecule has 0 bridgehead atoms. The van der Waals surface area contributed by atoms with Gasteiger partial charge in [-0.25, -0.2) is 14.4 Å². The summed E-state index contributed by atoms with van der Waals surface area (Å²) >= 11 is 0. The van der Waals surface area contributed by atoms with Crippen molar-refractivity contribution in [1.82, 2.24) is 9.97 Å². The summed E-state index contributed by atoms with van der Waals surface area (Å²) < 4.78 is 18.5. The Bertz CT molecular complexity index is 595. The zero-order chi connectivity index (χ0) is 14.7. The molecule has 1 aromatic heterocycles. The second-order valence-corrected chi connectivity index (χ2v) is 5.44. The zero-order valence-electron chi connectivity index (χ0n) is 12.0. The highest BCUT2D eigenvalue weighted by atomic mass is 19.1. The number of anilines is 1. The summed E-state index contributed by atoms with van der Waals surface area (Å²) in [6.07, 6.45) is 3.86. The van der Waals surface area contributed by atoms with Crippen LogP contribution in [0.3, 0.4) is 0 Å². The number of rotatable bonds is 3. The van der Waals surface area contributed by atoms with Gasteiger partial charge >= 0.3 is 0 Å². The van der Waals surface area contributed by atoms with Crippen LogP contribution in [0.2, 0.25) is 0 Å². The Morgan fingerprint density at radius 3 is 2.57 bits per heavy atom. The molecule has 1 aliphatic heterocycles. The SMILES string of the molecule is CC1CCN(c2cc(Oc3ccc(F)cc3)ncn2)CC1. The molecule has 0 aliphatic carbocycles. The van der Waals surface area contributed by atoms with Crippen LogP contribution in [-0.2, 0) is 0 Å². The van der Waals surface area contributed by atoms with Gasteiger partial charge in [0.2, 0.25) is 5.88 Å². The lowest BCUT2D eigenvalue weighted by atomic mass is 9.99. The van der Waals surface area contributed by atoms with Crippen LogP contribution in [0.25, 0.3) is 0 Å². The minimum absolute atomic E-state index is 0.284. The number of aromatic nitrogens is 2. The van der Waals surface area contributed by atoms with E-state index in [9.17, 15) is 4.39 Å². The molecule has 3 rings (SSSR count). The molecule has 110 valence electrons. The lowest BCUT2D eigenvalue weighted by molar-refractivity contribution is 0.433. The molecule has 1 fully saturated rings. The summed E-state index contributed by atoms with van der Waals surface area (Å²) in [5.41, 5.74) is 0. The van der Waals surface area contributed by atoms with E-state index in [4.69, 9.17) is 4.74 Å². The van der Waals surface area contributed by atoms with Crippen LogP contribution in [0.15, 0.2) is 36.7 Å². The lowest BCUT2D eigenvalue weighted by Crippen LogP contribution is -2.33. The molecule has 0 spiro atoms. The largest absolute Gasteiger partial charge is 0.439 e. The Morgan fingerprint density at radius 1 is 1.14 bits per heavy atom.